The number of carbonyl (C=O) groups excluding carboxylic acids is 3. The molecule has 1 aliphatic rings. The van der Waals surface area contributed by atoms with E-state index in [-0.39, 0.29) is 12.3 Å². The van der Waals surface area contributed by atoms with Crippen LogP contribution < -0.4 is 16.0 Å². The Labute approximate surface area is 197 Å². The molecule has 0 unspecified atom stereocenters. The quantitative estimate of drug-likeness (QED) is 0.548. The van der Waals surface area contributed by atoms with E-state index >= 15 is 0 Å². The molecule has 0 radical (unpaired) electrons. The molecule has 2 aromatic heterocycles. The first-order valence-electron chi connectivity index (χ1n) is 10.9. The van der Waals surface area contributed by atoms with Gasteiger partial charge in [0.1, 0.15) is 11.9 Å². The number of nitrogen functional groups attached to an aromatic ring is 1. The number of aromatic nitrogens is 2. The second-order valence-electron chi connectivity index (χ2n) is 8.24. The first-order chi connectivity index (χ1) is 16.4. The summed E-state index contributed by atoms with van der Waals surface area (Å²) in [6, 6.07) is 14.1. The molecule has 3 atom stereocenters. The van der Waals surface area contributed by atoms with E-state index in [9.17, 15) is 14.4 Å². The first kappa shape index (κ1) is 22.9. The van der Waals surface area contributed by atoms with E-state index in [0.29, 0.717) is 11.5 Å². The SMILES string of the molecule is C[C@@H](NC(=O)N1C(=O)[C@H](Cc2ccnc(N)c2)[C@H]1C(=O)N(C)c1ccccc1)c1cccnc1. The van der Waals surface area contributed by atoms with Gasteiger partial charge in [0.15, 0.2) is 0 Å². The molecule has 0 spiro atoms. The van der Waals surface area contributed by atoms with Crippen molar-refractivity contribution >= 4 is 29.4 Å². The number of rotatable bonds is 6. The fourth-order valence-corrected chi connectivity index (χ4v) is 4.08. The molecule has 4 rings (SSSR count). The number of urea groups is 1. The number of benzene rings is 1. The van der Waals surface area contributed by atoms with Crippen LogP contribution in [0.4, 0.5) is 16.3 Å². The summed E-state index contributed by atoms with van der Waals surface area (Å²) in [5, 5.41) is 2.81. The van der Waals surface area contributed by atoms with Gasteiger partial charge in [-0.2, -0.15) is 0 Å². The molecule has 1 saturated heterocycles. The Morgan fingerprint density at radius 1 is 1.15 bits per heavy atom. The molecule has 0 aliphatic carbocycles. The van der Waals surface area contributed by atoms with E-state index in [1.807, 2.05) is 24.3 Å². The highest BCUT2D eigenvalue weighted by atomic mass is 16.2. The maximum atomic E-state index is 13.5. The van der Waals surface area contributed by atoms with E-state index in [2.05, 4.69) is 15.3 Å². The van der Waals surface area contributed by atoms with Gasteiger partial charge in [0.05, 0.1) is 12.0 Å². The minimum Gasteiger partial charge on any atom is -0.384 e. The molecule has 1 fully saturated rings. The van der Waals surface area contributed by atoms with Gasteiger partial charge in [0.2, 0.25) is 5.91 Å². The summed E-state index contributed by atoms with van der Waals surface area (Å²) in [7, 11) is 1.64. The fourth-order valence-electron chi connectivity index (χ4n) is 4.08. The number of pyridine rings is 2. The maximum absolute atomic E-state index is 13.5. The first-order valence-corrected chi connectivity index (χ1v) is 10.9. The highest BCUT2D eigenvalue weighted by Crippen LogP contribution is 2.33. The third-order valence-corrected chi connectivity index (χ3v) is 5.99. The predicted molar refractivity (Wildman–Crippen MR) is 128 cm³/mol. The lowest BCUT2D eigenvalue weighted by molar-refractivity contribution is -0.156. The molecule has 0 saturated carbocycles. The van der Waals surface area contributed by atoms with Crippen LogP contribution in [0.1, 0.15) is 24.1 Å². The predicted octanol–water partition coefficient (Wildman–Crippen LogP) is 2.56. The number of anilines is 2. The van der Waals surface area contributed by atoms with Crippen molar-refractivity contribution in [2.75, 3.05) is 17.7 Å². The second kappa shape index (κ2) is 9.70. The molecule has 3 N–H and O–H groups in total. The number of amides is 4. The van der Waals surface area contributed by atoms with E-state index < -0.39 is 29.9 Å². The molecule has 0 bridgehead atoms. The topological polar surface area (TPSA) is 122 Å². The lowest BCUT2D eigenvalue weighted by Gasteiger charge is -2.46. The molecule has 3 heterocycles. The van der Waals surface area contributed by atoms with Crippen LogP contribution in [0.2, 0.25) is 0 Å². The second-order valence-corrected chi connectivity index (χ2v) is 8.24. The largest absolute Gasteiger partial charge is 0.384 e. The number of likely N-dealkylation sites (tertiary alicyclic amines) is 1. The Hall–Kier alpha value is -4.27. The van der Waals surface area contributed by atoms with Gasteiger partial charge in [-0.15, -0.1) is 0 Å². The Morgan fingerprint density at radius 2 is 1.91 bits per heavy atom. The summed E-state index contributed by atoms with van der Waals surface area (Å²) < 4.78 is 0. The summed E-state index contributed by atoms with van der Waals surface area (Å²) >= 11 is 0. The van der Waals surface area contributed by atoms with E-state index in [1.165, 1.54) is 4.90 Å². The third kappa shape index (κ3) is 4.59. The van der Waals surface area contributed by atoms with E-state index in [4.69, 9.17) is 5.73 Å². The van der Waals surface area contributed by atoms with Crippen LogP contribution in [0.3, 0.4) is 0 Å². The van der Waals surface area contributed by atoms with Crippen LogP contribution in [-0.2, 0) is 16.0 Å². The van der Waals surface area contributed by atoms with Gasteiger partial charge in [-0.25, -0.2) is 9.78 Å². The van der Waals surface area contributed by atoms with Gasteiger partial charge in [-0.05, 0) is 54.8 Å². The van der Waals surface area contributed by atoms with Gasteiger partial charge in [-0.3, -0.25) is 19.5 Å². The van der Waals surface area contributed by atoms with Crippen molar-refractivity contribution < 1.29 is 14.4 Å². The zero-order chi connectivity index (χ0) is 24.2. The van der Waals surface area contributed by atoms with Crippen LogP contribution in [0.15, 0.2) is 73.2 Å². The number of likely N-dealkylation sites (N-methyl/N-ethyl adjacent to an activating group) is 1. The standard InChI is InChI=1S/C25H26N6O3/c1-16(18-7-6-11-27-15-18)29-25(34)31-22(24(33)30(2)19-8-4-3-5-9-19)20(23(31)32)13-17-10-12-28-21(26)14-17/h3-12,14-16,20,22H,13H2,1-2H3,(H2,26,28)(H,29,34)/t16-,20-,22+/m1/s1. The van der Waals surface area contributed by atoms with E-state index in [0.717, 1.165) is 16.0 Å². The number of nitrogens with two attached hydrogens (primary N) is 1. The van der Waals surface area contributed by atoms with Crippen molar-refractivity contribution in [3.63, 3.8) is 0 Å². The average Bonchev–Trinajstić information content (AvgIpc) is 2.85. The summed E-state index contributed by atoms with van der Waals surface area (Å²) in [4.78, 5) is 50.3. The molecule has 34 heavy (non-hydrogen) atoms. The van der Waals surface area contributed by atoms with Crippen molar-refractivity contribution in [3.05, 3.63) is 84.3 Å². The smallest absolute Gasteiger partial charge is 0.325 e. The Bertz CT molecular complexity index is 1190. The number of nitrogens with one attached hydrogen (secondary N) is 1. The number of carbonyl (C=O) groups is 3. The Morgan fingerprint density at radius 3 is 2.59 bits per heavy atom. The number of β-lactam (4-membered cyclic amide) rings is 1. The van der Waals surface area contributed by atoms with Gasteiger partial charge in [0.25, 0.3) is 5.91 Å². The van der Waals surface area contributed by atoms with Crippen LogP contribution in [0.25, 0.3) is 0 Å². The molecular formula is C25H26N6O3. The summed E-state index contributed by atoms with van der Waals surface area (Å²) in [5.41, 5.74) is 8.01. The molecule has 4 amide bonds. The number of nitrogens with zero attached hydrogens (tertiary/aromatic N) is 4. The van der Waals surface area contributed by atoms with Crippen molar-refractivity contribution in [3.8, 4) is 0 Å². The average molecular weight is 459 g/mol. The van der Waals surface area contributed by atoms with Crippen LogP contribution in [-0.4, -0.2) is 45.8 Å². The van der Waals surface area contributed by atoms with Crippen molar-refractivity contribution in [2.45, 2.75) is 25.4 Å². The monoisotopic (exact) mass is 458 g/mol. The van der Waals surface area contributed by atoms with Gasteiger partial charge in [0, 0.05) is 31.3 Å². The summed E-state index contributed by atoms with van der Waals surface area (Å²) in [6.45, 7) is 1.79. The number of hydrogen-bond donors (Lipinski definition) is 2. The minimum atomic E-state index is -0.951. The molecule has 9 nitrogen and oxygen atoms in total. The molecule has 174 valence electrons. The van der Waals surface area contributed by atoms with Crippen molar-refractivity contribution in [1.82, 2.24) is 20.2 Å². The highest BCUT2D eigenvalue weighted by Gasteiger charge is 2.55. The van der Waals surface area contributed by atoms with Crippen LogP contribution in [0.5, 0.6) is 0 Å². The van der Waals surface area contributed by atoms with Crippen molar-refractivity contribution in [2.24, 2.45) is 5.92 Å². The summed E-state index contributed by atoms with van der Waals surface area (Å²) in [5.74, 6) is -1.12. The zero-order valence-corrected chi connectivity index (χ0v) is 19.0. The van der Waals surface area contributed by atoms with Gasteiger partial charge in [-0.1, -0.05) is 24.3 Å². The normalized spacial score (nSPS) is 18.1. The van der Waals surface area contributed by atoms with Gasteiger partial charge >= 0.3 is 6.03 Å². The molecule has 9 heteroatoms. The number of imide groups is 1. The lowest BCUT2D eigenvalue weighted by atomic mass is 9.81. The maximum Gasteiger partial charge on any atom is 0.325 e. The lowest BCUT2D eigenvalue weighted by Crippen LogP contribution is -2.70. The number of para-hydroxylation sites is 1. The molecule has 1 aliphatic heterocycles. The van der Waals surface area contributed by atoms with E-state index in [1.54, 1.807) is 62.9 Å². The Kier molecular flexibility index (Phi) is 6.53. The van der Waals surface area contributed by atoms with Crippen molar-refractivity contribution in [1.29, 1.82) is 0 Å². The fraction of sp³-hybridized carbons (Fsp3) is 0.240. The van der Waals surface area contributed by atoms with Crippen LogP contribution in [0, 0.1) is 5.92 Å². The minimum absolute atomic E-state index is 0.270. The molecule has 1 aromatic carbocycles. The van der Waals surface area contributed by atoms with Crippen LogP contribution >= 0.6 is 0 Å². The highest BCUT2D eigenvalue weighted by molar-refractivity contribution is 6.12. The Balaban J connectivity index is 1.58. The number of hydrogen-bond acceptors (Lipinski definition) is 6. The third-order valence-electron chi connectivity index (χ3n) is 5.99. The van der Waals surface area contributed by atoms with Gasteiger partial charge < -0.3 is 16.0 Å². The molecular weight excluding hydrogens is 432 g/mol. The summed E-state index contributed by atoms with van der Waals surface area (Å²) in [6.07, 6.45) is 5.11. The molecule has 3 aromatic rings. The zero-order valence-electron chi connectivity index (χ0n) is 19.0.